The van der Waals surface area contributed by atoms with E-state index in [2.05, 4.69) is 21.4 Å². The quantitative estimate of drug-likeness (QED) is 0.387. The molecule has 10 heteroatoms. The van der Waals surface area contributed by atoms with Crippen molar-refractivity contribution in [2.24, 2.45) is 0 Å². The number of carbonyl (C=O) groups excluding carboxylic acids is 2. The predicted octanol–water partition coefficient (Wildman–Crippen LogP) is -0.905. The number of amides is 1. The molecule has 0 bridgehead atoms. The number of hydrogen-bond donors (Lipinski definition) is 2. The summed E-state index contributed by atoms with van der Waals surface area (Å²) in [6, 6.07) is 13.2. The first-order chi connectivity index (χ1) is 15.5. The van der Waals surface area contributed by atoms with Gasteiger partial charge in [-0.15, -0.1) is 11.3 Å². The van der Waals surface area contributed by atoms with E-state index in [9.17, 15) is 19.2 Å². The summed E-state index contributed by atoms with van der Waals surface area (Å²) in [7, 11) is 1.57. The Morgan fingerprint density at radius 1 is 1.41 bits per heavy atom. The van der Waals surface area contributed by atoms with Crippen LogP contribution in [0.1, 0.15) is 12.0 Å². The minimum absolute atomic E-state index is 0. The van der Waals surface area contributed by atoms with Gasteiger partial charge in [-0.05, 0) is 11.6 Å². The van der Waals surface area contributed by atoms with E-state index in [0.29, 0.717) is 29.7 Å². The van der Waals surface area contributed by atoms with Crippen molar-refractivity contribution in [1.82, 2.24) is 10.6 Å². The fourth-order valence-electron chi connectivity index (χ4n) is 3.29. The van der Waals surface area contributed by atoms with Crippen molar-refractivity contribution in [2.75, 3.05) is 20.3 Å². The Hall–Kier alpha value is -2.72. The van der Waals surface area contributed by atoms with Gasteiger partial charge in [-0.3, -0.25) is 10.1 Å². The van der Waals surface area contributed by atoms with Crippen molar-refractivity contribution in [2.45, 2.75) is 31.2 Å². The third-order valence-electron chi connectivity index (χ3n) is 5.03. The normalized spacial score (nSPS) is 18.1. The fraction of sp³-hybridized carbons (Fsp3) is 0.333. The molecule has 176 valence electrons. The average molecular weight is 461 g/mol. The summed E-state index contributed by atoms with van der Waals surface area (Å²) in [6.07, 6.45) is -0.360. The second-order valence-electron chi connectivity index (χ2n) is 7.11. The summed E-state index contributed by atoms with van der Waals surface area (Å²) in [5.74, 6) is -0.740. The number of halogens is 1. The minimum atomic E-state index is -0.919. The van der Waals surface area contributed by atoms with Gasteiger partial charge in [0, 0.05) is 26.5 Å². The molecule has 2 N–H and O–H groups in total. The van der Waals surface area contributed by atoms with Crippen LogP contribution in [-0.2, 0) is 25.5 Å². The zero-order valence-electron chi connectivity index (χ0n) is 19.4. The molecule has 0 radical (unpaired) electrons. The topological polar surface area (TPSA) is 110 Å². The van der Waals surface area contributed by atoms with E-state index < -0.39 is 23.9 Å². The third-order valence-corrected chi connectivity index (χ3v) is 5.03. The molecule has 34 heavy (non-hydrogen) atoms. The number of methoxy groups -OCH3 is 1. The molecule has 3 atom stereocenters. The Bertz CT molecular complexity index is 984. The summed E-state index contributed by atoms with van der Waals surface area (Å²) >= 11 is 0. The largest absolute Gasteiger partial charge is 1.00 e. The molecule has 0 saturated carbocycles. The minimum Gasteiger partial charge on any atom is -0.634 e. The van der Waals surface area contributed by atoms with E-state index in [0.717, 1.165) is 0 Å². The number of nitrogens with zero attached hydrogens (tertiary/aromatic N) is 1. The standard InChI is InChI=1S/C23H22FN3O5.CH3.Li/c1-30-22-8-9-31-21(13-26-22)23(29)27-18(12-25)10-17-3-2-16(11-20(17)24)15-4-6-19(7-5-15)32-14-28;;/h2-6,11,18,21-22,26H,8-10,13H2,1H3,(H,27,29);1H3;/q-2;-1;+1/t18-,21-,22?;;/m0../s1. The molecule has 3 rings (SSSR count). The molecular formula is C24H25FLiN3O5-2. The van der Waals surface area contributed by atoms with Crippen molar-refractivity contribution in [1.29, 1.82) is 5.26 Å². The third kappa shape index (κ3) is 7.95. The van der Waals surface area contributed by atoms with Crippen LogP contribution in [0.15, 0.2) is 36.4 Å². The number of ether oxygens (including phenoxy) is 3. The van der Waals surface area contributed by atoms with Crippen molar-refractivity contribution in [3.05, 3.63) is 61.3 Å². The fourth-order valence-corrected chi connectivity index (χ4v) is 3.29. The average Bonchev–Trinajstić information content (AvgIpc) is 3.06. The first-order valence-corrected chi connectivity index (χ1v) is 9.96. The zero-order chi connectivity index (χ0) is 22.9. The first-order valence-electron chi connectivity index (χ1n) is 9.96. The van der Waals surface area contributed by atoms with E-state index >= 15 is 0 Å². The number of nitriles is 1. The van der Waals surface area contributed by atoms with E-state index in [1.807, 2.05) is 6.07 Å². The van der Waals surface area contributed by atoms with Crippen LogP contribution in [0.5, 0.6) is 5.75 Å². The Morgan fingerprint density at radius 2 is 2.18 bits per heavy atom. The van der Waals surface area contributed by atoms with Crippen LogP contribution in [0.3, 0.4) is 0 Å². The second kappa shape index (κ2) is 14.5. The molecular weight excluding hydrogens is 436 g/mol. The van der Waals surface area contributed by atoms with Gasteiger partial charge in [0.05, 0.1) is 12.7 Å². The molecule has 0 aromatic heterocycles. The van der Waals surface area contributed by atoms with Crippen LogP contribution in [0.4, 0.5) is 4.39 Å². The van der Waals surface area contributed by atoms with Crippen LogP contribution in [0.2, 0.25) is 0 Å². The number of benzene rings is 2. The SMILES string of the molecule is COC1CCO[C@H](C(=O)N[C@H](C#N)Cc2ccc(-c3c[c-]c(O[C-]=O)cc3)cc2F)CN1.[CH3-].[Li+]. The maximum atomic E-state index is 14.7. The molecule has 2 aromatic rings. The Kier molecular flexibility index (Phi) is 12.5. The molecule has 1 saturated heterocycles. The molecule has 0 spiro atoms. The molecule has 1 amide bonds. The van der Waals surface area contributed by atoms with Crippen molar-refractivity contribution >= 4 is 12.4 Å². The number of nitrogens with one attached hydrogen (secondary N) is 2. The van der Waals surface area contributed by atoms with Crippen LogP contribution < -0.4 is 34.2 Å². The first kappa shape index (κ1) is 29.3. The van der Waals surface area contributed by atoms with E-state index in [1.54, 1.807) is 31.4 Å². The van der Waals surface area contributed by atoms with Crippen LogP contribution in [0, 0.1) is 30.6 Å². The smallest absolute Gasteiger partial charge is 0.634 e. The van der Waals surface area contributed by atoms with E-state index in [4.69, 9.17) is 9.47 Å². The molecule has 2 aromatic carbocycles. The van der Waals surface area contributed by atoms with Crippen molar-refractivity contribution in [3.8, 4) is 22.9 Å². The van der Waals surface area contributed by atoms with Gasteiger partial charge in [0.1, 0.15) is 24.2 Å². The molecule has 0 aliphatic carbocycles. The van der Waals surface area contributed by atoms with Crippen molar-refractivity contribution < 1.29 is 47.1 Å². The van der Waals surface area contributed by atoms with Gasteiger partial charge in [0.15, 0.2) is 6.47 Å². The van der Waals surface area contributed by atoms with E-state index in [-0.39, 0.29) is 51.2 Å². The number of carbonyl (C=O) groups is 1. The summed E-state index contributed by atoms with van der Waals surface area (Å²) in [4.78, 5) is 22.7. The molecule has 1 aliphatic heterocycles. The van der Waals surface area contributed by atoms with Gasteiger partial charge >= 0.3 is 18.9 Å². The predicted molar refractivity (Wildman–Crippen MR) is 118 cm³/mol. The Labute approximate surface area is 210 Å². The number of rotatable bonds is 8. The van der Waals surface area contributed by atoms with Gasteiger partial charge in [0.2, 0.25) is 0 Å². The monoisotopic (exact) mass is 461 g/mol. The van der Waals surface area contributed by atoms with Gasteiger partial charge in [-0.2, -0.15) is 17.4 Å². The molecule has 1 unspecified atom stereocenters. The van der Waals surface area contributed by atoms with Gasteiger partial charge in [0.25, 0.3) is 5.91 Å². The zero-order valence-corrected chi connectivity index (χ0v) is 19.4. The Balaban J connectivity index is 0.00000289. The molecule has 1 heterocycles. The van der Waals surface area contributed by atoms with Crippen molar-refractivity contribution in [3.63, 3.8) is 0 Å². The van der Waals surface area contributed by atoms with Gasteiger partial charge in [-0.25, -0.2) is 16.5 Å². The van der Waals surface area contributed by atoms with Gasteiger partial charge < -0.3 is 31.7 Å². The van der Waals surface area contributed by atoms with Crippen LogP contribution in [0.25, 0.3) is 11.1 Å². The summed E-state index contributed by atoms with van der Waals surface area (Å²) < 4.78 is 30.0. The maximum absolute atomic E-state index is 14.7. The summed E-state index contributed by atoms with van der Waals surface area (Å²) in [5, 5.41) is 15.1. The molecule has 1 aliphatic rings. The maximum Gasteiger partial charge on any atom is 1.00 e. The van der Waals surface area contributed by atoms with E-state index in [1.165, 1.54) is 18.6 Å². The summed E-state index contributed by atoms with van der Waals surface area (Å²) in [5.41, 5.74) is 1.55. The summed E-state index contributed by atoms with van der Waals surface area (Å²) in [6.45, 7) is 1.90. The molecule has 1 fully saturated rings. The second-order valence-corrected chi connectivity index (χ2v) is 7.11. The molecule has 8 nitrogen and oxygen atoms in total. The number of hydrogen-bond acceptors (Lipinski definition) is 7. The van der Waals surface area contributed by atoms with Crippen LogP contribution >= 0.6 is 0 Å². The Morgan fingerprint density at radius 3 is 2.79 bits per heavy atom. The van der Waals surface area contributed by atoms with Gasteiger partial charge in [-0.1, -0.05) is 17.7 Å². The van der Waals surface area contributed by atoms with Crippen LogP contribution in [-0.4, -0.2) is 51.0 Å².